The zero-order valence-electron chi connectivity index (χ0n) is 6.69. The number of carboxylic acid groups (broad SMARTS) is 1. The molecule has 0 aliphatic heterocycles. The van der Waals surface area contributed by atoms with Crippen LogP contribution in [-0.4, -0.2) is 27.7 Å². The minimum absolute atomic E-state index is 0.0321. The predicted molar refractivity (Wildman–Crippen MR) is 47.2 cm³/mol. The molecule has 6 heteroatoms. The molecule has 0 bridgehead atoms. The van der Waals surface area contributed by atoms with Gasteiger partial charge in [-0.2, -0.15) is 0 Å². The highest BCUT2D eigenvalue weighted by molar-refractivity contribution is 7.71. The van der Waals surface area contributed by atoms with Crippen molar-refractivity contribution in [3.63, 3.8) is 0 Å². The van der Waals surface area contributed by atoms with Crippen LogP contribution in [0.4, 0.5) is 0 Å². The lowest BCUT2D eigenvalue weighted by molar-refractivity contribution is -0.137. The third kappa shape index (κ3) is 3.66. The molecule has 0 fully saturated rings. The van der Waals surface area contributed by atoms with Gasteiger partial charge in [0.1, 0.15) is 0 Å². The number of carbonyl (C=O) groups is 1. The van der Waals surface area contributed by atoms with Gasteiger partial charge in [0, 0.05) is 6.20 Å². The Morgan fingerprint density at radius 2 is 2.54 bits per heavy atom. The standard InChI is InChI=1S/C7H8N2O3S/c10-6(11)1-2-12-5-3-8-7(13)9-4-5/h3-4H,1-2H2,(H,10,11)(H,8,9,13). The number of ether oxygens (including phenoxy) is 1. The second-order valence-corrected chi connectivity index (χ2v) is 2.63. The van der Waals surface area contributed by atoms with Gasteiger partial charge in [-0.1, -0.05) is 0 Å². The lowest BCUT2D eigenvalue weighted by Crippen LogP contribution is -2.05. The molecule has 0 saturated carbocycles. The van der Waals surface area contributed by atoms with Crippen LogP contribution in [0.3, 0.4) is 0 Å². The number of aliphatic carboxylic acids is 1. The van der Waals surface area contributed by atoms with Crippen LogP contribution in [0.5, 0.6) is 5.75 Å². The molecule has 1 heterocycles. The molecule has 0 aliphatic rings. The number of carboxylic acids is 1. The molecule has 2 N–H and O–H groups in total. The van der Waals surface area contributed by atoms with Crippen LogP contribution in [0.2, 0.25) is 0 Å². The minimum atomic E-state index is -0.892. The molecule has 1 aromatic heterocycles. The molecule has 0 amide bonds. The number of aromatic amines is 1. The van der Waals surface area contributed by atoms with Gasteiger partial charge >= 0.3 is 5.97 Å². The quantitative estimate of drug-likeness (QED) is 0.709. The topological polar surface area (TPSA) is 75.2 Å². The summed E-state index contributed by atoms with van der Waals surface area (Å²) in [6, 6.07) is 0. The van der Waals surface area contributed by atoms with Crippen LogP contribution in [0.1, 0.15) is 6.42 Å². The third-order valence-corrected chi connectivity index (χ3v) is 1.45. The maximum absolute atomic E-state index is 10.1. The molecule has 1 aromatic rings. The fourth-order valence-electron chi connectivity index (χ4n) is 0.665. The average Bonchev–Trinajstić information content (AvgIpc) is 2.08. The number of nitrogens with one attached hydrogen (secondary N) is 1. The van der Waals surface area contributed by atoms with Gasteiger partial charge in [-0.3, -0.25) is 4.79 Å². The summed E-state index contributed by atoms with van der Waals surface area (Å²) in [5.41, 5.74) is 0. The zero-order chi connectivity index (χ0) is 9.68. The maximum Gasteiger partial charge on any atom is 0.306 e. The van der Waals surface area contributed by atoms with Gasteiger partial charge in [-0.05, 0) is 12.2 Å². The van der Waals surface area contributed by atoms with E-state index in [-0.39, 0.29) is 13.0 Å². The van der Waals surface area contributed by atoms with E-state index in [4.69, 9.17) is 22.1 Å². The molecular formula is C7H8N2O3S. The smallest absolute Gasteiger partial charge is 0.306 e. The van der Waals surface area contributed by atoms with Gasteiger partial charge in [-0.25, -0.2) is 4.98 Å². The van der Waals surface area contributed by atoms with Crippen molar-refractivity contribution >= 4 is 18.2 Å². The summed E-state index contributed by atoms with van der Waals surface area (Å²) in [6.45, 7) is 0.127. The Balaban J connectivity index is 2.41. The largest absolute Gasteiger partial charge is 0.490 e. The monoisotopic (exact) mass is 200 g/mol. The summed E-state index contributed by atoms with van der Waals surface area (Å²) >= 11 is 4.71. The van der Waals surface area contributed by atoms with E-state index >= 15 is 0 Å². The highest BCUT2D eigenvalue weighted by Crippen LogP contribution is 2.04. The van der Waals surface area contributed by atoms with E-state index in [0.29, 0.717) is 10.5 Å². The number of hydrogen-bond donors (Lipinski definition) is 2. The van der Waals surface area contributed by atoms with Crippen LogP contribution in [0.25, 0.3) is 0 Å². The van der Waals surface area contributed by atoms with E-state index in [1.807, 2.05) is 0 Å². The summed E-state index contributed by atoms with van der Waals surface area (Å²) in [7, 11) is 0. The van der Waals surface area contributed by atoms with Crippen molar-refractivity contribution in [2.24, 2.45) is 0 Å². The number of H-pyrrole nitrogens is 1. The fourth-order valence-corrected chi connectivity index (χ4v) is 0.776. The average molecular weight is 200 g/mol. The van der Waals surface area contributed by atoms with E-state index in [0.717, 1.165) is 0 Å². The normalized spacial score (nSPS) is 9.54. The first kappa shape index (κ1) is 9.66. The Kier molecular flexibility index (Phi) is 3.39. The molecule has 0 aliphatic carbocycles. The molecule has 70 valence electrons. The van der Waals surface area contributed by atoms with Crippen molar-refractivity contribution in [2.75, 3.05) is 6.61 Å². The Labute approximate surface area is 79.4 Å². The first-order chi connectivity index (χ1) is 6.18. The first-order valence-electron chi connectivity index (χ1n) is 3.58. The summed E-state index contributed by atoms with van der Waals surface area (Å²) in [5, 5.41) is 8.32. The Bertz CT molecular complexity index is 329. The van der Waals surface area contributed by atoms with Gasteiger partial charge in [0.15, 0.2) is 10.5 Å². The Morgan fingerprint density at radius 3 is 3.08 bits per heavy atom. The summed E-state index contributed by atoms with van der Waals surface area (Å²) in [5.74, 6) is -0.410. The van der Waals surface area contributed by atoms with Crippen molar-refractivity contribution < 1.29 is 14.6 Å². The lowest BCUT2D eigenvalue weighted by atomic mass is 10.5. The summed E-state index contributed by atoms with van der Waals surface area (Å²) in [4.78, 5) is 16.6. The second kappa shape index (κ2) is 4.56. The SMILES string of the molecule is O=C(O)CCOc1cnc(=S)[nH]c1. The summed E-state index contributed by atoms with van der Waals surface area (Å²) in [6.07, 6.45) is 2.95. The van der Waals surface area contributed by atoms with E-state index in [1.54, 1.807) is 0 Å². The zero-order valence-corrected chi connectivity index (χ0v) is 7.50. The molecule has 1 rings (SSSR count). The maximum atomic E-state index is 10.1. The van der Waals surface area contributed by atoms with Crippen molar-refractivity contribution in [1.82, 2.24) is 9.97 Å². The van der Waals surface area contributed by atoms with Crippen molar-refractivity contribution in [3.8, 4) is 5.75 Å². The van der Waals surface area contributed by atoms with Crippen molar-refractivity contribution in [2.45, 2.75) is 6.42 Å². The summed E-state index contributed by atoms with van der Waals surface area (Å²) < 4.78 is 5.42. The van der Waals surface area contributed by atoms with Crippen LogP contribution < -0.4 is 4.74 Å². The first-order valence-corrected chi connectivity index (χ1v) is 3.98. The van der Waals surface area contributed by atoms with Gasteiger partial charge in [0.05, 0.1) is 19.2 Å². The number of nitrogens with zero attached hydrogens (tertiary/aromatic N) is 1. The lowest BCUT2D eigenvalue weighted by Gasteiger charge is -2.01. The van der Waals surface area contributed by atoms with E-state index in [9.17, 15) is 4.79 Å². The molecule has 0 saturated heterocycles. The molecule has 0 radical (unpaired) electrons. The number of rotatable bonds is 4. The third-order valence-electron chi connectivity index (χ3n) is 1.23. The van der Waals surface area contributed by atoms with Gasteiger partial charge < -0.3 is 14.8 Å². The molecule has 0 atom stereocenters. The minimum Gasteiger partial charge on any atom is -0.490 e. The van der Waals surface area contributed by atoms with E-state index < -0.39 is 5.97 Å². The Morgan fingerprint density at radius 1 is 1.77 bits per heavy atom. The second-order valence-electron chi connectivity index (χ2n) is 2.25. The molecule has 13 heavy (non-hydrogen) atoms. The van der Waals surface area contributed by atoms with Crippen LogP contribution in [0.15, 0.2) is 12.4 Å². The molecular weight excluding hydrogens is 192 g/mol. The highest BCUT2D eigenvalue weighted by atomic mass is 32.1. The van der Waals surface area contributed by atoms with Crippen LogP contribution in [0, 0.1) is 4.77 Å². The fraction of sp³-hybridized carbons (Fsp3) is 0.286. The van der Waals surface area contributed by atoms with Crippen LogP contribution in [-0.2, 0) is 4.79 Å². The number of aromatic nitrogens is 2. The Hall–Kier alpha value is -1.43. The van der Waals surface area contributed by atoms with Gasteiger partial charge in [-0.15, -0.1) is 0 Å². The van der Waals surface area contributed by atoms with E-state index in [2.05, 4.69) is 9.97 Å². The molecule has 5 nitrogen and oxygen atoms in total. The van der Waals surface area contributed by atoms with Crippen molar-refractivity contribution in [1.29, 1.82) is 0 Å². The number of hydrogen-bond acceptors (Lipinski definition) is 4. The van der Waals surface area contributed by atoms with Crippen molar-refractivity contribution in [3.05, 3.63) is 17.2 Å². The highest BCUT2D eigenvalue weighted by Gasteiger charge is 1.97. The van der Waals surface area contributed by atoms with Gasteiger partial charge in [0.2, 0.25) is 0 Å². The van der Waals surface area contributed by atoms with Gasteiger partial charge in [0.25, 0.3) is 0 Å². The molecule has 0 spiro atoms. The molecule has 0 aromatic carbocycles. The molecule has 0 unspecified atom stereocenters. The predicted octanol–water partition coefficient (Wildman–Crippen LogP) is 0.993. The van der Waals surface area contributed by atoms with Crippen LogP contribution >= 0.6 is 12.2 Å². The van der Waals surface area contributed by atoms with E-state index in [1.165, 1.54) is 12.4 Å².